The average molecular weight is 272 g/mol. The van der Waals surface area contributed by atoms with Crippen molar-refractivity contribution in [3.63, 3.8) is 0 Å². The van der Waals surface area contributed by atoms with Crippen LogP contribution in [0.4, 0.5) is 18.9 Å². The summed E-state index contributed by atoms with van der Waals surface area (Å²) in [5.41, 5.74) is -1.48. The van der Waals surface area contributed by atoms with Gasteiger partial charge in [-0.2, -0.15) is 13.2 Å². The largest absolute Gasteiger partial charge is 0.418 e. The Balaban J connectivity index is 2.85. The van der Waals surface area contributed by atoms with E-state index in [0.717, 1.165) is 12.1 Å². The van der Waals surface area contributed by atoms with Crippen molar-refractivity contribution in [1.82, 2.24) is 5.32 Å². The molecule has 4 nitrogen and oxygen atoms in total. The second-order valence-corrected chi connectivity index (χ2v) is 3.50. The molecule has 0 spiro atoms. The minimum atomic E-state index is -4.61. The average Bonchev–Trinajstić information content (AvgIpc) is 2.35. The fraction of sp³-hybridized carbons (Fsp3) is 0.167. The molecule has 0 bridgehead atoms. The van der Waals surface area contributed by atoms with Crippen molar-refractivity contribution in [2.75, 3.05) is 11.9 Å². The van der Waals surface area contributed by atoms with Crippen LogP contribution in [0.5, 0.6) is 0 Å². The molecule has 2 N–H and O–H groups in total. The van der Waals surface area contributed by atoms with E-state index < -0.39 is 29.2 Å². The molecule has 1 aromatic carbocycles. The zero-order chi connectivity index (χ0) is 14.5. The van der Waals surface area contributed by atoms with Crippen molar-refractivity contribution >= 4 is 17.5 Å². The fourth-order valence-electron chi connectivity index (χ4n) is 1.26. The van der Waals surface area contributed by atoms with E-state index in [9.17, 15) is 22.8 Å². The monoisotopic (exact) mass is 272 g/mol. The number of nitrogens with one attached hydrogen (secondary N) is 2. The molecular weight excluding hydrogens is 261 g/mol. The third kappa shape index (κ3) is 4.13. The molecule has 0 saturated heterocycles. The van der Waals surface area contributed by atoms with Gasteiger partial charge in [0, 0.05) is 6.54 Å². The van der Waals surface area contributed by atoms with Crippen LogP contribution in [0.2, 0.25) is 0 Å². The Morgan fingerprint density at radius 2 is 1.84 bits per heavy atom. The molecule has 0 aliphatic rings. The van der Waals surface area contributed by atoms with E-state index in [2.05, 4.69) is 11.9 Å². The molecule has 0 unspecified atom stereocenters. The molecule has 0 saturated carbocycles. The maximum Gasteiger partial charge on any atom is 0.418 e. The number of para-hydroxylation sites is 1. The third-order valence-electron chi connectivity index (χ3n) is 2.09. The minimum Gasteiger partial charge on any atom is -0.344 e. The number of anilines is 1. The number of rotatable bonds is 3. The van der Waals surface area contributed by atoms with Crippen LogP contribution in [0.3, 0.4) is 0 Å². The van der Waals surface area contributed by atoms with Crippen molar-refractivity contribution in [1.29, 1.82) is 0 Å². The Hall–Kier alpha value is -2.31. The fourth-order valence-corrected chi connectivity index (χ4v) is 1.26. The first-order valence-corrected chi connectivity index (χ1v) is 5.22. The van der Waals surface area contributed by atoms with Crippen molar-refractivity contribution in [3.05, 3.63) is 42.5 Å². The maximum absolute atomic E-state index is 12.6. The predicted octanol–water partition coefficient (Wildman–Crippen LogP) is 1.95. The molecule has 1 aromatic rings. The molecule has 0 aliphatic heterocycles. The van der Waals surface area contributed by atoms with Gasteiger partial charge in [0.05, 0.1) is 11.3 Å². The predicted molar refractivity (Wildman–Crippen MR) is 63.3 cm³/mol. The van der Waals surface area contributed by atoms with Crippen molar-refractivity contribution < 1.29 is 22.8 Å². The molecule has 2 amide bonds. The van der Waals surface area contributed by atoms with Gasteiger partial charge in [-0.05, 0) is 12.1 Å². The highest BCUT2D eigenvalue weighted by atomic mass is 19.4. The zero-order valence-electron chi connectivity index (χ0n) is 9.75. The number of amides is 2. The quantitative estimate of drug-likeness (QED) is 0.652. The van der Waals surface area contributed by atoms with Crippen LogP contribution in [0.1, 0.15) is 5.56 Å². The van der Waals surface area contributed by atoms with Gasteiger partial charge in [-0.15, -0.1) is 6.58 Å². The molecule has 0 atom stereocenters. The lowest BCUT2D eigenvalue weighted by Gasteiger charge is -2.13. The van der Waals surface area contributed by atoms with Gasteiger partial charge in [0.15, 0.2) is 0 Å². The van der Waals surface area contributed by atoms with E-state index in [1.807, 2.05) is 5.32 Å². The van der Waals surface area contributed by atoms with Gasteiger partial charge < -0.3 is 10.6 Å². The van der Waals surface area contributed by atoms with Gasteiger partial charge in [-0.3, -0.25) is 9.59 Å². The van der Waals surface area contributed by atoms with E-state index in [1.54, 1.807) is 0 Å². The lowest BCUT2D eigenvalue weighted by atomic mass is 10.1. The molecule has 0 aliphatic carbocycles. The zero-order valence-corrected chi connectivity index (χ0v) is 9.75. The molecule has 0 aromatic heterocycles. The van der Waals surface area contributed by atoms with Gasteiger partial charge in [0.25, 0.3) is 0 Å². The molecule has 19 heavy (non-hydrogen) atoms. The summed E-state index contributed by atoms with van der Waals surface area (Å²) in [5.74, 6) is -2.20. The number of benzene rings is 1. The lowest BCUT2D eigenvalue weighted by molar-refractivity contribution is -0.138. The summed E-state index contributed by atoms with van der Waals surface area (Å²) in [5, 5.41) is 4.08. The normalized spacial score (nSPS) is 10.7. The van der Waals surface area contributed by atoms with Crippen LogP contribution in [0.15, 0.2) is 36.9 Å². The van der Waals surface area contributed by atoms with Gasteiger partial charge >= 0.3 is 18.0 Å². The summed E-state index contributed by atoms with van der Waals surface area (Å²) in [6.45, 7) is 3.38. The summed E-state index contributed by atoms with van der Waals surface area (Å²) in [6, 6.07) is 4.40. The molecule has 0 heterocycles. The highest BCUT2D eigenvalue weighted by molar-refractivity contribution is 6.39. The van der Waals surface area contributed by atoms with Gasteiger partial charge in [0.2, 0.25) is 0 Å². The van der Waals surface area contributed by atoms with E-state index >= 15 is 0 Å². The Kier molecular flexibility index (Phi) is 4.68. The maximum atomic E-state index is 12.6. The Labute approximate surface area is 107 Å². The smallest absolute Gasteiger partial charge is 0.344 e. The van der Waals surface area contributed by atoms with E-state index in [1.165, 1.54) is 18.2 Å². The summed E-state index contributed by atoms with van der Waals surface area (Å²) in [4.78, 5) is 22.6. The Morgan fingerprint density at radius 3 is 2.42 bits per heavy atom. The highest BCUT2D eigenvalue weighted by Crippen LogP contribution is 2.34. The molecule has 0 radical (unpaired) electrons. The number of hydrogen-bond acceptors (Lipinski definition) is 2. The molecular formula is C12H11F3N2O2. The number of halogens is 3. The summed E-state index contributed by atoms with van der Waals surface area (Å²) in [6.07, 6.45) is -3.27. The second kappa shape index (κ2) is 6.03. The topological polar surface area (TPSA) is 58.2 Å². The summed E-state index contributed by atoms with van der Waals surface area (Å²) < 4.78 is 37.9. The van der Waals surface area contributed by atoms with Crippen LogP contribution < -0.4 is 10.6 Å². The molecule has 0 fully saturated rings. The second-order valence-electron chi connectivity index (χ2n) is 3.50. The van der Waals surface area contributed by atoms with E-state index in [4.69, 9.17) is 0 Å². The van der Waals surface area contributed by atoms with Crippen LogP contribution in [-0.2, 0) is 15.8 Å². The first-order valence-electron chi connectivity index (χ1n) is 5.22. The number of carbonyl (C=O) groups excluding carboxylic acids is 2. The van der Waals surface area contributed by atoms with Crippen LogP contribution in [0, 0.1) is 0 Å². The summed E-state index contributed by atoms with van der Waals surface area (Å²) >= 11 is 0. The number of alkyl halides is 3. The minimum absolute atomic E-state index is 0.0488. The lowest BCUT2D eigenvalue weighted by Crippen LogP contribution is -2.35. The van der Waals surface area contributed by atoms with Gasteiger partial charge in [0.1, 0.15) is 0 Å². The van der Waals surface area contributed by atoms with Crippen molar-refractivity contribution in [2.24, 2.45) is 0 Å². The van der Waals surface area contributed by atoms with E-state index in [-0.39, 0.29) is 6.54 Å². The van der Waals surface area contributed by atoms with Gasteiger partial charge in [-0.1, -0.05) is 18.2 Å². The van der Waals surface area contributed by atoms with Gasteiger partial charge in [-0.25, -0.2) is 0 Å². The molecule has 102 valence electrons. The summed E-state index contributed by atoms with van der Waals surface area (Å²) in [7, 11) is 0. The molecule has 1 rings (SSSR count). The molecule has 7 heteroatoms. The Bertz CT molecular complexity index is 498. The Morgan fingerprint density at radius 1 is 1.21 bits per heavy atom. The SMILES string of the molecule is C=CCNC(=O)C(=O)Nc1ccccc1C(F)(F)F. The standard InChI is InChI=1S/C12H11F3N2O2/c1-2-7-16-10(18)11(19)17-9-6-4-3-5-8(9)12(13,14)15/h2-6H,1,7H2,(H,16,18)(H,17,19). The third-order valence-corrected chi connectivity index (χ3v) is 2.09. The van der Waals surface area contributed by atoms with Crippen molar-refractivity contribution in [3.8, 4) is 0 Å². The highest BCUT2D eigenvalue weighted by Gasteiger charge is 2.33. The number of hydrogen-bond donors (Lipinski definition) is 2. The first-order chi connectivity index (χ1) is 8.86. The van der Waals surface area contributed by atoms with E-state index in [0.29, 0.717) is 0 Å². The van der Waals surface area contributed by atoms with Crippen LogP contribution in [0.25, 0.3) is 0 Å². The number of carbonyl (C=O) groups is 2. The van der Waals surface area contributed by atoms with Crippen LogP contribution >= 0.6 is 0 Å². The first kappa shape index (κ1) is 14.7. The van der Waals surface area contributed by atoms with Crippen LogP contribution in [-0.4, -0.2) is 18.4 Å². The van der Waals surface area contributed by atoms with Crippen molar-refractivity contribution in [2.45, 2.75) is 6.18 Å².